The number of hydrogen-bond acceptors (Lipinski definition) is 3. The Morgan fingerprint density at radius 1 is 1.24 bits per heavy atom. The molecule has 0 bridgehead atoms. The van der Waals surface area contributed by atoms with Crippen LogP contribution in [-0.4, -0.2) is 37.0 Å². The van der Waals surface area contributed by atoms with E-state index in [2.05, 4.69) is 0 Å². The van der Waals surface area contributed by atoms with E-state index in [1.807, 2.05) is 39.0 Å². The van der Waals surface area contributed by atoms with Crippen LogP contribution in [0.15, 0.2) is 18.2 Å². The van der Waals surface area contributed by atoms with Crippen molar-refractivity contribution in [3.8, 4) is 0 Å². The number of ether oxygens (including phenoxy) is 1. The molecule has 1 aromatic carbocycles. The van der Waals surface area contributed by atoms with Gasteiger partial charge < -0.3 is 9.64 Å². The molecule has 0 saturated carbocycles. The third-order valence-corrected chi connectivity index (χ3v) is 3.63. The highest BCUT2D eigenvalue weighted by atomic mass is 16.5. The summed E-state index contributed by atoms with van der Waals surface area (Å²) < 4.78 is 4.73. The summed E-state index contributed by atoms with van der Waals surface area (Å²) in [6.07, 6.45) is 0.852. The van der Waals surface area contributed by atoms with Gasteiger partial charge >= 0.3 is 5.97 Å². The molecular weight excluding hydrogens is 266 g/mol. The number of carbonyl (C=O) groups excluding carboxylic acids is 2. The van der Waals surface area contributed by atoms with Crippen molar-refractivity contribution < 1.29 is 14.3 Å². The Balaban J connectivity index is 2.90. The molecule has 1 unspecified atom stereocenters. The minimum atomic E-state index is -0.322. The second kappa shape index (κ2) is 7.81. The molecule has 0 fully saturated rings. The summed E-state index contributed by atoms with van der Waals surface area (Å²) in [7, 11) is 1.37. The highest BCUT2D eigenvalue weighted by Gasteiger charge is 2.22. The zero-order valence-electron chi connectivity index (χ0n) is 13.6. The van der Waals surface area contributed by atoms with Crippen molar-refractivity contribution in [3.63, 3.8) is 0 Å². The maximum Gasteiger partial charge on any atom is 0.310 e. The minimum Gasteiger partial charge on any atom is -0.469 e. The third kappa shape index (κ3) is 4.59. The Morgan fingerprint density at radius 2 is 1.90 bits per heavy atom. The van der Waals surface area contributed by atoms with Gasteiger partial charge in [-0.2, -0.15) is 0 Å². The first kappa shape index (κ1) is 17.2. The Kier molecular flexibility index (Phi) is 6.40. The van der Waals surface area contributed by atoms with Crippen molar-refractivity contribution in [2.75, 3.05) is 20.2 Å². The van der Waals surface area contributed by atoms with Gasteiger partial charge in [-0.25, -0.2) is 0 Å². The van der Waals surface area contributed by atoms with Crippen molar-refractivity contribution in [1.82, 2.24) is 4.90 Å². The molecule has 21 heavy (non-hydrogen) atoms. The Labute approximate surface area is 127 Å². The fourth-order valence-electron chi connectivity index (χ4n) is 2.21. The van der Waals surface area contributed by atoms with Crippen LogP contribution >= 0.6 is 0 Å². The van der Waals surface area contributed by atoms with Crippen LogP contribution in [-0.2, 0) is 9.53 Å². The first-order valence-corrected chi connectivity index (χ1v) is 7.35. The number of rotatable bonds is 6. The molecule has 0 aliphatic heterocycles. The number of benzene rings is 1. The quantitative estimate of drug-likeness (QED) is 0.757. The number of hydrogen-bond donors (Lipinski definition) is 0. The predicted octanol–water partition coefficient (Wildman–Crippen LogP) is 2.96. The molecule has 0 radical (unpaired) electrons. The number of aryl methyl sites for hydroxylation is 2. The fraction of sp³-hybridized carbons (Fsp3) is 0.529. The van der Waals surface area contributed by atoms with Crippen molar-refractivity contribution in [3.05, 3.63) is 34.9 Å². The molecule has 0 saturated heterocycles. The van der Waals surface area contributed by atoms with Gasteiger partial charge in [0.15, 0.2) is 0 Å². The molecule has 0 heterocycles. The first-order valence-electron chi connectivity index (χ1n) is 7.35. The average molecular weight is 291 g/mol. The first-order chi connectivity index (χ1) is 9.90. The molecule has 0 aliphatic carbocycles. The van der Waals surface area contributed by atoms with Gasteiger partial charge in [0.25, 0.3) is 5.91 Å². The summed E-state index contributed by atoms with van der Waals surface area (Å²) >= 11 is 0. The largest absolute Gasteiger partial charge is 0.469 e. The molecule has 0 N–H and O–H groups in total. The normalized spacial score (nSPS) is 11.9. The minimum absolute atomic E-state index is 0.0318. The van der Waals surface area contributed by atoms with E-state index >= 15 is 0 Å². The summed E-state index contributed by atoms with van der Waals surface area (Å²) in [5.41, 5.74) is 2.93. The molecular formula is C17H25NO3. The molecule has 0 aliphatic rings. The lowest BCUT2D eigenvalue weighted by atomic mass is 10.0. The lowest BCUT2D eigenvalue weighted by Crippen LogP contribution is -2.37. The van der Waals surface area contributed by atoms with Crippen molar-refractivity contribution in [1.29, 1.82) is 0 Å². The Hall–Kier alpha value is -1.84. The van der Waals surface area contributed by atoms with E-state index in [4.69, 9.17) is 4.74 Å². The molecule has 1 amide bonds. The molecule has 0 spiro atoms. The van der Waals surface area contributed by atoms with E-state index in [9.17, 15) is 9.59 Å². The SMILES string of the molecule is CCCN(CC(C)C(=O)OC)C(=O)c1ccc(C)c(C)c1. The van der Waals surface area contributed by atoms with Gasteiger partial charge in [0.2, 0.25) is 0 Å². The van der Waals surface area contributed by atoms with Crippen molar-refractivity contribution >= 4 is 11.9 Å². The van der Waals surface area contributed by atoms with Gasteiger partial charge in [-0.15, -0.1) is 0 Å². The number of carbonyl (C=O) groups is 2. The van der Waals surface area contributed by atoms with Crippen molar-refractivity contribution in [2.45, 2.75) is 34.1 Å². The van der Waals surface area contributed by atoms with Gasteiger partial charge in [-0.1, -0.05) is 19.9 Å². The van der Waals surface area contributed by atoms with Crippen LogP contribution in [0.3, 0.4) is 0 Å². The summed E-state index contributed by atoms with van der Waals surface area (Å²) in [5.74, 6) is -0.642. The summed E-state index contributed by atoms with van der Waals surface area (Å²) in [6, 6.07) is 5.70. The number of amides is 1. The summed E-state index contributed by atoms with van der Waals surface area (Å²) in [5, 5.41) is 0. The van der Waals surface area contributed by atoms with Gasteiger partial charge in [0.05, 0.1) is 13.0 Å². The fourth-order valence-corrected chi connectivity index (χ4v) is 2.21. The number of esters is 1. The molecule has 4 nitrogen and oxygen atoms in total. The summed E-state index contributed by atoms with van der Waals surface area (Å²) in [6.45, 7) is 8.82. The summed E-state index contributed by atoms with van der Waals surface area (Å²) in [4.78, 5) is 25.9. The van der Waals surface area contributed by atoms with Gasteiger partial charge in [-0.3, -0.25) is 9.59 Å². The van der Waals surface area contributed by atoms with Crippen LogP contribution in [0.2, 0.25) is 0 Å². The maximum atomic E-state index is 12.6. The highest BCUT2D eigenvalue weighted by Crippen LogP contribution is 2.14. The third-order valence-electron chi connectivity index (χ3n) is 3.63. The van der Waals surface area contributed by atoms with Crippen LogP contribution < -0.4 is 0 Å². The second-order valence-electron chi connectivity index (χ2n) is 5.47. The molecule has 0 aromatic heterocycles. The van der Waals surface area contributed by atoms with Crippen LogP contribution in [0, 0.1) is 19.8 Å². The van der Waals surface area contributed by atoms with Gasteiger partial charge in [0, 0.05) is 18.7 Å². The molecule has 1 rings (SSSR count). The molecule has 1 aromatic rings. The van der Waals surface area contributed by atoms with Crippen LogP contribution in [0.4, 0.5) is 0 Å². The van der Waals surface area contributed by atoms with Crippen LogP contribution in [0.25, 0.3) is 0 Å². The average Bonchev–Trinajstić information content (AvgIpc) is 2.47. The number of methoxy groups -OCH3 is 1. The number of nitrogens with zero attached hydrogens (tertiary/aromatic N) is 1. The van der Waals surface area contributed by atoms with E-state index < -0.39 is 0 Å². The lowest BCUT2D eigenvalue weighted by Gasteiger charge is -2.25. The standard InChI is InChI=1S/C17H25NO3/c1-6-9-18(11-14(4)17(20)21-5)16(19)15-8-7-12(2)13(3)10-15/h7-8,10,14H,6,9,11H2,1-5H3. The molecule has 1 atom stereocenters. The van der Waals surface area contributed by atoms with Gasteiger partial charge in [-0.05, 0) is 43.5 Å². The molecule has 4 heteroatoms. The van der Waals surface area contributed by atoms with E-state index in [1.54, 1.807) is 11.8 Å². The molecule has 116 valence electrons. The van der Waals surface area contributed by atoms with Crippen molar-refractivity contribution in [2.24, 2.45) is 5.92 Å². The Bertz CT molecular complexity index is 511. The smallest absolute Gasteiger partial charge is 0.310 e. The van der Waals surface area contributed by atoms with Crippen LogP contribution in [0.5, 0.6) is 0 Å². The van der Waals surface area contributed by atoms with E-state index in [0.29, 0.717) is 18.7 Å². The maximum absolute atomic E-state index is 12.6. The van der Waals surface area contributed by atoms with Crippen LogP contribution in [0.1, 0.15) is 41.8 Å². The monoisotopic (exact) mass is 291 g/mol. The van der Waals surface area contributed by atoms with Gasteiger partial charge in [0.1, 0.15) is 0 Å². The highest BCUT2D eigenvalue weighted by molar-refractivity contribution is 5.94. The van der Waals surface area contributed by atoms with E-state index in [1.165, 1.54) is 7.11 Å². The van der Waals surface area contributed by atoms with E-state index in [0.717, 1.165) is 17.5 Å². The topological polar surface area (TPSA) is 46.6 Å². The van der Waals surface area contributed by atoms with E-state index in [-0.39, 0.29) is 17.8 Å². The lowest BCUT2D eigenvalue weighted by molar-refractivity contribution is -0.145. The predicted molar refractivity (Wildman–Crippen MR) is 83.3 cm³/mol. The Morgan fingerprint density at radius 3 is 2.43 bits per heavy atom. The zero-order valence-corrected chi connectivity index (χ0v) is 13.6. The zero-order chi connectivity index (χ0) is 16.0. The second-order valence-corrected chi connectivity index (χ2v) is 5.47.